The molecule has 206 valence electrons. The number of hydrogen-bond acceptors (Lipinski definition) is 6. The fourth-order valence-corrected chi connectivity index (χ4v) is 7.54. The lowest BCUT2D eigenvalue weighted by Crippen LogP contribution is -2.34. The molecule has 8 heteroatoms. The maximum Gasteiger partial charge on any atom is 0.234 e. The molecular formula is C32H30BrNO5S. The van der Waals surface area contributed by atoms with Crippen LogP contribution in [0.1, 0.15) is 35.3 Å². The van der Waals surface area contributed by atoms with Gasteiger partial charge in [-0.2, -0.15) is 0 Å². The summed E-state index contributed by atoms with van der Waals surface area (Å²) in [7, 11) is 0. The number of benzene rings is 2. The standard InChI is InChI=1S/C32H30BrNO5S/c33-23-9-10-27(36)21(14-23)13-20(19-5-2-1-3-6-19)8-11-28-29-22(17-35)15-25-30(26(29)18-39-28)32(38)34(31(25)37)16-24-7-4-12-40-24/h1-7,9-10,12-14,25-26,28,30,35-36H,8,11,15-18H2/b20-13-/t25-,26+,28-,30-/m1/s1. The Balaban J connectivity index is 1.26. The number of allylic oxidation sites excluding steroid dienone is 1. The fourth-order valence-electron chi connectivity index (χ4n) is 6.47. The van der Waals surface area contributed by atoms with Crippen LogP contribution in [0.3, 0.4) is 0 Å². The molecule has 4 atom stereocenters. The summed E-state index contributed by atoms with van der Waals surface area (Å²) in [6.45, 7) is 0.527. The van der Waals surface area contributed by atoms with Gasteiger partial charge in [-0.1, -0.05) is 52.3 Å². The summed E-state index contributed by atoms with van der Waals surface area (Å²) in [5, 5.41) is 22.8. The van der Waals surface area contributed by atoms with Crippen LogP contribution in [0, 0.1) is 17.8 Å². The zero-order valence-electron chi connectivity index (χ0n) is 21.8. The first-order chi connectivity index (χ1) is 19.4. The van der Waals surface area contributed by atoms with Crippen molar-refractivity contribution < 1.29 is 24.5 Å². The molecule has 0 radical (unpaired) electrons. The Morgan fingerprint density at radius 1 is 1.07 bits per heavy atom. The number of carbonyl (C=O) groups excluding carboxylic acids is 2. The molecular weight excluding hydrogens is 590 g/mol. The first kappa shape index (κ1) is 27.1. The molecule has 2 amide bonds. The highest BCUT2D eigenvalue weighted by atomic mass is 79.9. The molecule has 1 aliphatic carbocycles. The third-order valence-corrected chi connectivity index (χ3v) is 9.68. The number of aliphatic hydroxyl groups excluding tert-OH is 1. The first-order valence-electron chi connectivity index (χ1n) is 13.5. The van der Waals surface area contributed by atoms with E-state index < -0.39 is 11.8 Å². The highest BCUT2D eigenvalue weighted by molar-refractivity contribution is 9.10. The van der Waals surface area contributed by atoms with Crippen LogP contribution >= 0.6 is 27.3 Å². The van der Waals surface area contributed by atoms with E-state index in [1.165, 1.54) is 16.2 Å². The number of nitrogens with zero attached hydrogens (tertiary/aromatic N) is 1. The Bertz CT molecular complexity index is 1480. The molecule has 2 aliphatic heterocycles. The third kappa shape index (κ3) is 5.09. The number of thiophene rings is 1. The lowest BCUT2D eigenvalue weighted by molar-refractivity contribution is -0.140. The molecule has 6 rings (SSSR count). The van der Waals surface area contributed by atoms with Gasteiger partial charge in [-0.05, 0) is 77.3 Å². The summed E-state index contributed by atoms with van der Waals surface area (Å²) < 4.78 is 7.19. The minimum absolute atomic E-state index is 0.123. The summed E-state index contributed by atoms with van der Waals surface area (Å²) in [5.74, 6) is -1.14. The summed E-state index contributed by atoms with van der Waals surface area (Å²) >= 11 is 5.03. The predicted molar refractivity (Wildman–Crippen MR) is 158 cm³/mol. The molecule has 2 fully saturated rings. The molecule has 40 heavy (non-hydrogen) atoms. The number of ether oxygens (including phenoxy) is 1. The van der Waals surface area contributed by atoms with Gasteiger partial charge in [-0.25, -0.2) is 0 Å². The third-order valence-electron chi connectivity index (χ3n) is 8.32. The van der Waals surface area contributed by atoms with Crippen molar-refractivity contribution in [3.05, 3.63) is 97.7 Å². The number of aromatic hydroxyl groups is 1. The normalized spacial score (nSPS) is 24.6. The smallest absolute Gasteiger partial charge is 0.234 e. The lowest BCUT2D eigenvalue weighted by Gasteiger charge is -2.31. The zero-order valence-corrected chi connectivity index (χ0v) is 24.2. The van der Waals surface area contributed by atoms with Crippen molar-refractivity contribution in [3.63, 3.8) is 0 Å². The van der Waals surface area contributed by atoms with Gasteiger partial charge >= 0.3 is 0 Å². The minimum atomic E-state index is -0.440. The number of phenols is 1. The van der Waals surface area contributed by atoms with Gasteiger partial charge < -0.3 is 14.9 Å². The minimum Gasteiger partial charge on any atom is -0.507 e. The van der Waals surface area contributed by atoms with Crippen LogP contribution in [-0.2, 0) is 20.9 Å². The monoisotopic (exact) mass is 619 g/mol. The molecule has 0 spiro atoms. The number of halogens is 1. The molecule has 3 heterocycles. The fraction of sp³-hybridized carbons (Fsp3) is 0.312. The van der Waals surface area contributed by atoms with E-state index in [0.717, 1.165) is 37.2 Å². The second-order valence-corrected chi connectivity index (χ2v) is 12.5. The van der Waals surface area contributed by atoms with Gasteiger partial charge in [0.2, 0.25) is 11.8 Å². The van der Waals surface area contributed by atoms with Crippen molar-refractivity contribution in [1.29, 1.82) is 0 Å². The molecule has 2 aromatic carbocycles. The van der Waals surface area contributed by atoms with Crippen LogP contribution in [0.25, 0.3) is 11.6 Å². The predicted octanol–water partition coefficient (Wildman–Crippen LogP) is 6.05. The molecule has 3 aromatic rings. The van der Waals surface area contributed by atoms with Crippen molar-refractivity contribution in [2.75, 3.05) is 13.2 Å². The molecule has 1 aromatic heterocycles. The lowest BCUT2D eigenvalue weighted by atomic mass is 9.69. The molecule has 3 aliphatic rings. The van der Waals surface area contributed by atoms with E-state index in [0.29, 0.717) is 32.4 Å². The van der Waals surface area contributed by atoms with Crippen LogP contribution in [0.15, 0.2) is 81.7 Å². The SMILES string of the molecule is O=C1[C@@H]2[C@@H](CC(CO)=C3[C@@H](CC/C(=C/c4cc(Br)ccc4O)c4ccccc4)OC[C@@H]32)C(=O)N1Cc1cccs1. The summed E-state index contributed by atoms with van der Waals surface area (Å²) in [5.41, 5.74) is 4.66. The van der Waals surface area contributed by atoms with Crippen molar-refractivity contribution >= 4 is 50.7 Å². The quantitative estimate of drug-likeness (QED) is 0.182. The molecule has 0 unspecified atom stereocenters. The van der Waals surface area contributed by atoms with E-state index in [4.69, 9.17) is 4.74 Å². The molecule has 2 saturated heterocycles. The Labute approximate surface area is 245 Å². The number of amides is 2. The van der Waals surface area contributed by atoms with Crippen LogP contribution in [0.4, 0.5) is 0 Å². The van der Waals surface area contributed by atoms with E-state index in [1.54, 1.807) is 12.1 Å². The van der Waals surface area contributed by atoms with Gasteiger partial charge in [0.15, 0.2) is 0 Å². The number of rotatable bonds is 8. The number of fused-ring (bicyclic) bond motifs is 3. The summed E-state index contributed by atoms with van der Waals surface area (Å²) in [6.07, 6.45) is 3.48. The van der Waals surface area contributed by atoms with Crippen LogP contribution in [-0.4, -0.2) is 46.2 Å². The topological polar surface area (TPSA) is 87.1 Å². The van der Waals surface area contributed by atoms with Gasteiger partial charge in [0.05, 0.1) is 37.7 Å². The maximum atomic E-state index is 13.6. The molecule has 0 saturated carbocycles. The average Bonchev–Trinajstić information content (AvgIpc) is 3.69. The van der Waals surface area contributed by atoms with Gasteiger partial charge in [0.25, 0.3) is 0 Å². The Kier molecular flexibility index (Phi) is 7.77. The first-order valence-corrected chi connectivity index (χ1v) is 15.2. The average molecular weight is 621 g/mol. The van der Waals surface area contributed by atoms with Crippen LogP contribution in [0.2, 0.25) is 0 Å². The molecule has 6 nitrogen and oxygen atoms in total. The Hall–Kier alpha value is -3.04. The van der Waals surface area contributed by atoms with Crippen LogP contribution in [0.5, 0.6) is 5.75 Å². The number of imide groups is 1. The van der Waals surface area contributed by atoms with Crippen molar-refractivity contribution in [2.45, 2.75) is 31.9 Å². The number of likely N-dealkylation sites (tertiary alicyclic amines) is 1. The number of carbonyl (C=O) groups is 2. The van der Waals surface area contributed by atoms with E-state index in [-0.39, 0.29) is 36.2 Å². The summed E-state index contributed by atoms with van der Waals surface area (Å²) in [4.78, 5) is 29.3. The highest BCUT2D eigenvalue weighted by Gasteiger charge is 2.56. The second kappa shape index (κ2) is 11.4. The van der Waals surface area contributed by atoms with Crippen molar-refractivity contribution in [3.8, 4) is 5.75 Å². The van der Waals surface area contributed by atoms with Crippen LogP contribution < -0.4 is 0 Å². The van der Waals surface area contributed by atoms with Crippen molar-refractivity contribution in [1.82, 2.24) is 4.90 Å². The number of aliphatic hydroxyl groups is 1. The largest absolute Gasteiger partial charge is 0.507 e. The van der Waals surface area contributed by atoms with E-state index in [1.807, 2.05) is 60.0 Å². The highest BCUT2D eigenvalue weighted by Crippen LogP contribution is 2.50. The van der Waals surface area contributed by atoms with Gasteiger partial charge in [-0.3, -0.25) is 14.5 Å². The molecule has 0 bridgehead atoms. The van der Waals surface area contributed by atoms with Gasteiger partial charge in [-0.15, -0.1) is 11.3 Å². The van der Waals surface area contributed by atoms with E-state index >= 15 is 0 Å². The van der Waals surface area contributed by atoms with E-state index in [9.17, 15) is 19.8 Å². The number of phenolic OH excluding ortho intramolecular Hbond substituents is 1. The maximum absolute atomic E-state index is 13.6. The second-order valence-electron chi connectivity index (χ2n) is 10.6. The molecule has 2 N–H and O–H groups in total. The van der Waals surface area contributed by atoms with Crippen molar-refractivity contribution in [2.24, 2.45) is 17.8 Å². The van der Waals surface area contributed by atoms with Gasteiger partial charge in [0, 0.05) is 20.8 Å². The Morgan fingerprint density at radius 3 is 2.65 bits per heavy atom. The van der Waals surface area contributed by atoms with E-state index in [2.05, 4.69) is 15.9 Å². The zero-order chi connectivity index (χ0) is 27.8. The number of hydrogen-bond donors (Lipinski definition) is 2. The summed E-state index contributed by atoms with van der Waals surface area (Å²) in [6, 6.07) is 19.3. The Morgan fingerprint density at radius 2 is 1.90 bits per heavy atom. The van der Waals surface area contributed by atoms with Gasteiger partial charge in [0.1, 0.15) is 5.75 Å².